The molecule has 0 bridgehead atoms. The summed E-state index contributed by atoms with van der Waals surface area (Å²) in [4.78, 5) is 12.0. The van der Waals surface area contributed by atoms with E-state index in [-0.39, 0.29) is 23.6 Å². The normalized spacial score (nSPS) is 13.7. The molecule has 0 N–H and O–H groups in total. The summed E-state index contributed by atoms with van der Waals surface area (Å²) < 4.78 is 41.2. The number of thioether (sulfide) groups is 1. The topological polar surface area (TPSA) is 26.3 Å². The van der Waals surface area contributed by atoms with Crippen LogP contribution < -0.4 is 0 Å². The molecule has 0 aliphatic carbocycles. The summed E-state index contributed by atoms with van der Waals surface area (Å²) >= 11 is 1.56. The summed E-state index contributed by atoms with van der Waals surface area (Å²) in [6, 6.07) is 0. The van der Waals surface area contributed by atoms with E-state index in [2.05, 4.69) is 0 Å². The van der Waals surface area contributed by atoms with Crippen molar-refractivity contribution >= 4 is 17.7 Å². The first-order valence-electron chi connectivity index (χ1n) is 7.98. The van der Waals surface area contributed by atoms with Crippen LogP contribution in [0, 0.1) is 11.8 Å². The van der Waals surface area contributed by atoms with Gasteiger partial charge in [0.05, 0.1) is 6.61 Å². The van der Waals surface area contributed by atoms with E-state index in [1.165, 1.54) is 0 Å². The Kier molecular flexibility index (Phi) is 11.0. The molecule has 0 rings (SSSR count). The maximum atomic E-state index is 12.0. The van der Waals surface area contributed by atoms with Gasteiger partial charge in [0.25, 0.3) is 0 Å². The summed E-state index contributed by atoms with van der Waals surface area (Å²) in [5.74, 6) is 1.11. The first-order chi connectivity index (χ1) is 10.1. The predicted molar refractivity (Wildman–Crippen MR) is 86.0 cm³/mol. The molecule has 132 valence electrons. The first-order valence-corrected chi connectivity index (χ1v) is 9.03. The van der Waals surface area contributed by atoms with Crippen LogP contribution in [0.15, 0.2) is 0 Å². The number of carbonyl (C=O) groups is 1. The number of unbranched alkanes of at least 4 members (excludes halogenated alkanes) is 3. The van der Waals surface area contributed by atoms with Crippen molar-refractivity contribution in [3.63, 3.8) is 0 Å². The molecule has 2 nitrogen and oxygen atoms in total. The highest BCUT2D eigenvalue weighted by Crippen LogP contribution is 2.25. The van der Waals surface area contributed by atoms with Crippen LogP contribution in [0.3, 0.4) is 0 Å². The van der Waals surface area contributed by atoms with Gasteiger partial charge < -0.3 is 4.74 Å². The van der Waals surface area contributed by atoms with Gasteiger partial charge in [-0.1, -0.05) is 40.5 Å². The molecule has 1 unspecified atom stereocenters. The van der Waals surface area contributed by atoms with Crippen LogP contribution in [0.5, 0.6) is 0 Å². The molecule has 0 saturated heterocycles. The third-order valence-corrected chi connectivity index (χ3v) is 4.67. The number of ether oxygens (including phenoxy) is 1. The van der Waals surface area contributed by atoms with E-state index in [4.69, 9.17) is 4.74 Å². The molecule has 1 atom stereocenters. The highest BCUT2D eigenvalue weighted by molar-refractivity contribution is 8.00. The summed E-state index contributed by atoms with van der Waals surface area (Å²) in [7, 11) is 0. The van der Waals surface area contributed by atoms with Crippen LogP contribution >= 0.6 is 11.8 Å². The molecule has 0 heterocycles. The van der Waals surface area contributed by atoms with Crippen LogP contribution in [0.4, 0.5) is 13.2 Å². The van der Waals surface area contributed by atoms with Crippen LogP contribution in [-0.4, -0.2) is 29.8 Å². The fraction of sp³-hybridized carbons (Fsp3) is 0.938. The van der Waals surface area contributed by atoms with Gasteiger partial charge in [0.1, 0.15) is 5.25 Å². The number of alkyl halides is 3. The maximum absolute atomic E-state index is 12.0. The monoisotopic (exact) mass is 342 g/mol. The fourth-order valence-corrected chi connectivity index (χ4v) is 3.07. The zero-order chi connectivity index (χ0) is 17.2. The van der Waals surface area contributed by atoms with Gasteiger partial charge in [0.2, 0.25) is 0 Å². The minimum absolute atomic E-state index is 0.175. The van der Waals surface area contributed by atoms with Gasteiger partial charge in [-0.15, -0.1) is 11.8 Å². The Hall–Kier alpha value is -0.390. The third kappa shape index (κ3) is 12.2. The summed E-state index contributed by atoms with van der Waals surface area (Å²) in [5, 5.41) is -0.186. The molecule has 0 amide bonds. The van der Waals surface area contributed by atoms with Gasteiger partial charge in [-0.25, -0.2) is 0 Å². The summed E-state index contributed by atoms with van der Waals surface area (Å²) in [6.45, 7) is 8.38. The SMILES string of the molecule is CC(C)COC(=O)C(SCCCCCCC(F)(F)F)C(C)C. The van der Waals surface area contributed by atoms with Crippen LogP contribution in [-0.2, 0) is 9.53 Å². The van der Waals surface area contributed by atoms with Crippen molar-refractivity contribution in [2.75, 3.05) is 12.4 Å². The van der Waals surface area contributed by atoms with Crippen molar-refractivity contribution < 1.29 is 22.7 Å². The molecule has 0 aliphatic rings. The van der Waals surface area contributed by atoms with Gasteiger partial charge in [-0.2, -0.15) is 13.2 Å². The Morgan fingerprint density at radius 2 is 1.64 bits per heavy atom. The Bertz CT molecular complexity index is 304. The Morgan fingerprint density at radius 3 is 2.14 bits per heavy atom. The lowest BCUT2D eigenvalue weighted by Crippen LogP contribution is -2.27. The molecular weight excluding hydrogens is 313 g/mol. The largest absolute Gasteiger partial charge is 0.465 e. The Balaban J connectivity index is 3.85. The quantitative estimate of drug-likeness (QED) is 0.368. The smallest absolute Gasteiger partial charge is 0.389 e. The average Bonchev–Trinajstić information content (AvgIpc) is 2.37. The van der Waals surface area contributed by atoms with E-state index in [1.807, 2.05) is 27.7 Å². The molecule has 6 heteroatoms. The van der Waals surface area contributed by atoms with Gasteiger partial charge >= 0.3 is 12.1 Å². The maximum Gasteiger partial charge on any atom is 0.389 e. The van der Waals surface area contributed by atoms with Gasteiger partial charge in [-0.05, 0) is 30.4 Å². The van der Waals surface area contributed by atoms with E-state index in [1.54, 1.807) is 11.8 Å². The first kappa shape index (κ1) is 21.6. The molecule has 0 saturated carbocycles. The molecule has 0 fully saturated rings. The number of hydrogen-bond acceptors (Lipinski definition) is 3. The van der Waals surface area contributed by atoms with Gasteiger partial charge in [0, 0.05) is 6.42 Å². The standard InChI is InChI=1S/C16H29F3O2S/c1-12(2)11-21-15(20)14(13(3)4)22-10-8-6-5-7-9-16(17,18)19/h12-14H,5-11H2,1-4H3. The van der Waals surface area contributed by atoms with Crippen molar-refractivity contribution in [3.8, 4) is 0 Å². The third-order valence-electron chi connectivity index (χ3n) is 3.05. The fourth-order valence-electron chi connectivity index (χ4n) is 1.85. The van der Waals surface area contributed by atoms with E-state index >= 15 is 0 Å². The number of rotatable bonds is 11. The van der Waals surface area contributed by atoms with E-state index < -0.39 is 12.6 Å². The van der Waals surface area contributed by atoms with Crippen LogP contribution in [0.25, 0.3) is 0 Å². The second kappa shape index (κ2) is 11.2. The summed E-state index contributed by atoms with van der Waals surface area (Å²) in [5.41, 5.74) is 0. The minimum Gasteiger partial charge on any atom is -0.465 e. The number of halogens is 3. The van der Waals surface area contributed by atoms with Crippen molar-refractivity contribution in [1.82, 2.24) is 0 Å². The predicted octanol–water partition coefficient (Wildman–Crippen LogP) is 5.46. The summed E-state index contributed by atoms with van der Waals surface area (Å²) in [6.07, 6.45) is -2.35. The lowest BCUT2D eigenvalue weighted by atomic mass is 10.1. The second-order valence-corrected chi connectivity index (χ2v) is 7.59. The van der Waals surface area contributed by atoms with Crippen molar-refractivity contribution in [2.24, 2.45) is 11.8 Å². The van der Waals surface area contributed by atoms with E-state index in [9.17, 15) is 18.0 Å². The molecule has 0 aromatic rings. The van der Waals surface area contributed by atoms with E-state index in [0.29, 0.717) is 18.9 Å². The molecule has 0 spiro atoms. The van der Waals surface area contributed by atoms with Gasteiger partial charge in [-0.3, -0.25) is 4.79 Å². The number of esters is 1. The Labute approximate surface area is 136 Å². The van der Waals surface area contributed by atoms with Crippen molar-refractivity contribution in [1.29, 1.82) is 0 Å². The molecule has 22 heavy (non-hydrogen) atoms. The second-order valence-electron chi connectivity index (χ2n) is 6.34. The molecule has 0 aromatic heterocycles. The lowest BCUT2D eigenvalue weighted by molar-refractivity contribution is -0.144. The van der Waals surface area contributed by atoms with Crippen LogP contribution in [0.2, 0.25) is 0 Å². The minimum atomic E-state index is -4.04. The highest BCUT2D eigenvalue weighted by Gasteiger charge is 2.26. The van der Waals surface area contributed by atoms with E-state index in [0.717, 1.165) is 18.6 Å². The molecular formula is C16H29F3O2S. The molecule has 0 radical (unpaired) electrons. The molecule has 0 aliphatic heterocycles. The van der Waals surface area contributed by atoms with Crippen molar-refractivity contribution in [3.05, 3.63) is 0 Å². The number of carbonyl (C=O) groups excluding carboxylic acids is 1. The van der Waals surface area contributed by atoms with Gasteiger partial charge in [0.15, 0.2) is 0 Å². The lowest BCUT2D eigenvalue weighted by Gasteiger charge is -2.19. The average molecular weight is 342 g/mol. The number of hydrogen-bond donors (Lipinski definition) is 0. The Morgan fingerprint density at radius 1 is 1.05 bits per heavy atom. The van der Waals surface area contributed by atoms with Crippen LogP contribution in [0.1, 0.15) is 59.8 Å². The zero-order valence-electron chi connectivity index (χ0n) is 14.0. The highest BCUT2D eigenvalue weighted by atomic mass is 32.2. The van der Waals surface area contributed by atoms with Crippen molar-refractivity contribution in [2.45, 2.75) is 71.2 Å². The zero-order valence-corrected chi connectivity index (χ0v) is 14.9. The molecule has 0 aromatic carbocycles.